The lowest BCUT2D eigenvalue weighted by Gasteiger charge is -2.16. The van der Waals surface area contributed by atoms with Crippen LogP contribution in [0.2, 0.25) is 0 Å². The van der Waals surface area contributed by atoms with E-state index in [2.05, 4.69) is 22.6 Å². The number of hydrogen-bond acceptors (Lipinski definition) is 3. The average Bonchev–Trinajstić information content (AvgIpc) is 2.89. The third-order valence-electron chi connectivity index (χ3n) is 3.08. The van der Waals surface area contributed by atoms with E-state index in [0.717, 1.165) is 37.2 Å². The van der Waals surface area contributed by atoms with Crippen LogP contribution >= 0.6 is 11.3 Å². The van der Waals surface area contributed by atoms with Crippen molar-refractivity contribution >= 4 is 11.3 Å². The first-order valence-electron chi connectivity index (χ1n) is 6.60. The van der Waals surface area contributed by atoms with Gasteiger partial charge in [0.05, 0.1) is 11.2 Å². The van der Waals surface area contributed by atoms with Gasteiger partial charge in [0.15, 0.2) is 0 Å². The number of aromatic nitrogens is 1. The van der Waals surface area contributed by atoms with E-state index in [0.29, 0.717) is 5.92 Å². The summed E-state index contributed by atoms with van der Waals surface area (Å²) < 4.78 is 13.2. The van der Waals surface area contributed by atoms with Gasteiger partial charge in [0.1, 0.15) is 5.82 Å². The minimum Gasteiger partial charge on any atom is -0.317 e. The highest BCUT2D eigenvalue weighted by molar-refractivity contribution is 7.07. The first-order chi connectivity index (χ1) is 9.28. The van der Waals surface area contributed by atoms with Crippen molar-refractivity contribution in [1.29, 1.82) is 0 Å². The molecule has 1 unspecified atom stereocenters. The third-order valence-corrected chi connectivity index (χ3v) is 3.71. The second kappa shape index (κ2) is 7.36. The van der Waals surface area contributed by atoms with Crippen LogP contribution in [0.5, 0.6) is 0 Å². The van der Waals surface area contributed by atoms with Crippen molar-refractivity contribution in [3.8, 4) is 0 Å². The van der Waals surface area contributed by atoms with Gasteiger partial charge >= 0.3 is 0 Å². The molecule has 0 saturated heterocycles. The van der Waals surface area contributed by atoms with E-state index in [1.54, 1.807) is 23.5 Å². The van der Waals surface area contributed by atoms with Gasteiger partial charge in [-0.3, -0.25) is 0 Å². The van der Waals surface area contributed by atoms with E-state index < -0.39 is 0 Å². The highest BCUT2D eigenvalue weighted by Crippen LogP contribution is 2.15. The van der Waals surface area contributed by atoms with Crippen LogP contribution < -0.4 is 5.32 Å². The smallest absolute Gasteiger partial charge is 0.123 e. The maximum atomic E-state index is 13.2. The molecule has 0 fully saturated rings. The van der Waals surface area contributed by atoms with Crippen LogP contribution in [0, 0.1) is 11.7 Å². The summed E-state index contributed by atoms with van der Waals surface area (Å²) in [5, 5.41) is 5.47. The fraction of sp³-hybridized carbons (Fsp3) is 0.400. The SMILES string of the molecule is CCNCC(Cc1cccc(F)c1)Cc1cscn1. The Morgan fingerprint density at radius 2 is 2.26 bits per heavy atom. The van der Waals surface area contributed by atoms with Gasteiger partial charge in [-0.1, -0.05) is 19.1 Å². The maximum Gasteiger partial charge on any atom is 0.123 e. The van der Waals surface area contributed by atoms with Crippen LogP contribution in [0.1, 0.15) is 18.2 Å². The summed E-state index contributed by atoms with van der Waals surface area (Å²) in [7, 11) is 0. The maximum absolute atomic E-state index is 13.2. The molecule has 1 aromatic carbocycles. The van der Waals surface area contributed by atoms with Crippen molar-refractivity contribution in [2.45, 2.75) is 19.8 Å². The molecule has 4 heteroatoms. The van der Waals surface area contributed by atoms with Gasteiger partial charge in [-0.05, 0) is 49.5 Å². The summed E-state index contributed by atoms with van der Waals surface area (Å²) in [6, 6.07) is 6.88. The average molecular weight is 278 g/mol. The first kappa shape index (κ1) is 14.2. The lowest BCUT2D eigenvalue weighted by atomic mass is 9.95. The Bertz CT molecular complexity index is 485. The molecule has 0 aliphatic heterocycles. The van der Waals surface area contributed by atoms with Crippen molar-refractivity contribution < 1.29 is 4.39 Å². The van der Waals surface area contributed by atoms with Gasteiger partial charge in [0.25, 0.3) is 0 Å². The molecule has 2 aromatic rings. The Hall–Kier alpha value is -1.26. The standard InChI is InChI=1S/C15H19FN2S/c1-2-17-9-13(8-15-10-19-11-18-15)6-12-4-3-5-14(16)7-12/h3-5,7,10-11,13,17H,2,6,8-9H2,1H3. The van der Waals surface area contributed by atoms with Crippen molar-refractivity contribution in [3.05, 3.63) is 52.2 Å². The van der Waals surface area contributed by atoms with E-state index in [1.165, 1.54) is 6.07 Å². The van der Waals surface area contributed by atoms with E-state index in [9.17, 15) is 4.39 Å². The quantitative estimate of drug-likeness (QED) is 0.840. The van der Waals surface area contributed by atoms with E-state index in [-0.39, 0.29) is 5.82 Å². The summed E-state index contributed by atoms with van der Waals surface area (Å²) in [4.78, 5) is 4.34. The van der Waals surface area contributed by atoms with Crippen molar-refractivity contribution in [2.75, 3.05) is 13.1 Å². The van der Waals surface area contributed by atoms with Gasteiger partial charge < -0.3 is 5.32 Å². The molecule has 2 nitrogen and oxygen atoms in total. The largest absolute Gasteiger partial charge is 0.317 e. The number of rotatable bonds is 7. The Kier molecular flexibility index (Phi) is 5.48. The fourth-order valence-corrected chi connectivity index (χ4v) is 2.77. The normalized spacial score (nSPS) is 12.5. The summed E-state index contributed by atoms with van der Waals surface area (Å²) in [5.41, 5.74) is 4.05. The minimum absolute atomic E-state index is 0.159. The van der Waals surface area contributed by atoms with E-state index in [1.807, 2.05) is 11.6 Å². The Balaban J connectivity index is 2.00. The molecule has 0 aliphatic carbocycles. The molecule has 2 rings (SSSR count). The molecule has 0 radical (unpaired) electrons. The molecular formula is C15H19FN2S. The van der Waals surface area contributed by atoms with Crippen molar-refractivity contribution in [1.82, 2.24) is 10.3 Å². The second-order valence-corrected chi connectivity index (χ2v) is 5.41. The Morgan fingerprint density at radius 1 is 1.37 bits per heavy atom. The number of nitrogens with zero attached hydrogens (tertiary/aromatic N) is 1. The van der Waals surface area contributed by atoms with Crippen LogP contribution in [0.3, 0.4) is 0 Å². The highest BCUT2D eigenvalue weighted by atomic mass is 32.1. The molecule has 0 aliphatic rings. The topological polar surface area (TPSA) is 24.9 Å². The molecule has 1 N–H and O–H groups in total. The number of hydrogen-bond donors (Lipinski definition) is 1. The second-order valence-electron chi connectivity index (χ2n) is 4.69. The van der Waals surface area contributed by atoms with Crippen LogP contribution in [0.4, 0.5) is 4.39 Å². The van der Waals surface area contributed by atoms with Crippen LogP contribution in [-0.4, -0.2) is 18.1 Å². The zero-order valence-electron chi connectivity index (χ0n) is 11.1. The molecule has 1 aromatic heterocycles. The predicted octanol–water partition coefficient (Wildman–Crippen LogP) is 3.29. The number of thiazole rings is 1. The molecule has 102 valence electrons. The molecule has 0 saturated carbocycles. The molecule has 19 heavy (non-hydrogen) atoms. The van der Waals surface area contributed by atoms with Gasteiger partial charge in [0, 0.05) is 5.38 Å². The van der Waals surface area contributed by atoms with Gasteiger partial charge in [-0.25, -0.2) is 9.37 Å². The number of benzene rings is 1. The van der Waals surface area contributed by atoms with E-state index >= 15 is 0 Å². The first-order valence-corrected chi connectivity index (χ1v) is 7.54. The van der Waals surface area contributed by atoms with Gasteiger partial charge in [-0.15, -0.1) is 11.3 Å². The molecular weight excluding hydrogens is 259 g/mol. The van der Waals surface area contributed by atoms with Crippen molar-refractivity contribution in [2.24, 2.45) is 5.92 Å². The zero-order valence-corrected chi connectivity index (χ0v) is 11.9. The lowest BCUT2D eigenvalue weighted by molar-refractivity contribution is 0.473. The van der Waals surface area contributed by atoms with Crippen LogP contribution in [0.25, 0.3) is 0 Å². The zero-order chi connectivity index (χ0) is 13.5. The fourth-order valence-electron chi connectivity index (χ4n) is 2.20. The Labute approximate surface area is 117 Å². The van der Waals surface area contributed by atoms with Crippen molar-refractivity contribution in [3.63, 3.8) is 0 Å². The summed E-state index contributed by atoms with van der Waals surface area (Å²) in [6.07, 6.45) is 1.81. The van der Waals surface area contributed by atoms with Gasteiger partial charge in [0.2, 0.25) is 0 Å². The summed E-state index contributed by atoms with van der Waals surface area (Å²) >= 11 is 1.62. The molecule has 0 bridgehead atoms. The lowest BCUT2D eigenvalue weighted by Crippen LogP contribution is -2.25. The van der Waals surface area contributed by atoms with Crippen LogP contribution in [0.15, 0.2) is 35.2 Å². The van der Waals surface area contributed by atoms with Gasteiger partial charge in [-0.2, -0.15) is 0 Å². The Morgan fingerprint density at radius 3 is 2.95 bits per heavy atom. The third kappa shape index (κ3) is 4.73. The summed E-state index contributed by atoms with van der Waals surface area (Å²) in [6.45, 7) is 3.99. The molecule has 0 amide bonds. The monoisotopic (exact) mass is 278 g/mol. The highest BCUT2D eigenvalue weighted by Gasteiger charge is 2.12. The molecule has 0 spiro atoms. The number of halogens is 1. The molecule has 1 heterocycles. The van der Waals surface area contributed by atoms with E-state index in [4.69, 9.17) is 0 Å². The minimum atomic E-state index is -0.159. The molecule has 1 atom stereocenters. The summed E-state index contributed by atoms with van der Waals surface area (Å²) in [5.74, 6) is 0.289. The number of nitrogens with one attached hydrogen (secondary N) is 1. The van der Waals surface area contributed by atoms with Crippen LogP contribution in [-0.2, 0) is 12.8 Å². The predicted molar refractivity (Wildman–Crippen MR) is 78.0 cm³/mol.